The summed E-state index contributed by atoms with van der Waals surface area (Å²) in [6.07, 6.45) is 1.47. The number of aromatic amines is 1. The molecule has 25 heavy (non-hydrogen) atoms. The van der Waals surface area contributed by atoms with Crippen molar-refractivity contribution >= 4 is 38.6 Å². The van der Waals surface area contributed by atoms with Gasteiger partial charge in [-0.3, -0.25) is 9.59 Å². The zero-order valence-electron chi connectivity index (χ0n) is 13.8. The maximum Gasteiger partial charge on any atom is 0.270 e. The molecule has 1 unspecified atom stereocenters. The Labute approximate surface area is 154 Å². The van der Waals surface area contributed by atoms with E-state index in [1.165, 1.54) is 0 Å². The van der Waals surface area contributed by atoms with Crippen LogP contribution in [0.25, 0.3) is 10.9 Å². The SMILES string of the molecule is O=C(c1cc2ccc(Br)cc2[nH]1)N1CCN(C(=O)C2CCCO2)CC1. The lowest BCUT2D eigenvalue weighted by molar-refractivity contribution is -0.142. The quantitative estimate of drug-likeness (QED) is 0.833. The Morgan fingerprint density at radius 3 is 2.60 bits per heavy atom. The molecule has 1 aromatic heterocycles. The van der Waals surface area contributed by atoms with E-state index >= 15 is 0 Å². The molecule has 0 radical (unpaired) electrons. The highest BCUT2D eigenvalue weighted by Crippen LogP contribution is 2.22. The van der Waals surface area contributed by atoms with Gasteiger partial charge in [0.1, 0.15) is 11.8 Å². The number of amides is 2. The average Bonchev–Trinajstić information content (AvgIpc) is 3.30. The molecule has 2 saturated heterocycles. The van der Waals surface area contributed by atoms with Gasteiger partial charge in [0, 0.05) is 48.2 Å². The van der Waals surface area contributed by atoms with Crippen LogP contribution in [0.4, 0.5) is 0 Å². The summed E-state index contributed by atoms with van der Waals surface area (Å²) in [5.74, 6) is 0.0524. The molecule has 1 N–H and O–H groups in total. The Hall–Kier alpha value is -1.86. The molecule has 2 amide bonds. The molecule has 2 aliphatic heterocycles. The van der Waals surface area contributed by atoms with Crippen molar-refractivity contribution in [2.24, 2.45) is 0 Å². The van der Waals surface area contributed by atoms with E-state index in [0.29, 0.717) is 38.5 Å². The maximum atomic E-state index is 12.7. The summed E-state index contributed by atoms with van der Waals surface area (Å²) in [4.78, 5) is 31.9. The van der Waals surface area contributed by atoms with Crippen LogP contribution in [-0.2, 0) is 9.53 Å². The van der Waals surface area contributed by atoms with Crippen molar-refractivity contribution in [1.82, 2.24) is 14.8 Å². The summed E-state index contributed by atoms with van der Waals surface area (Å²) in [5, 5.41) is 1.01. The number of hydrogen-bond acceptors (Lipinski definition) is 3. The number of hydrogen-bond donors (Lipinski definition) is 1. The van der Waals surface area contributed by atoms with Gasteiger partial charge in [-0.1, -0.05) is 22.0 Å². The fourth-order valence-corrected chi connectivity index (χ4v) is 3.85. The number of halogens is 1. The predicted molar refractivity (Wildman–Crippen MR) is 97.5 cm³/mol. The first-order valence-electron chi connectivity index (χ1n) is 8.60. The van der Waals surface area contributed by atoms with Crippen LogP contribution in [0.5, 0.6) is 0 Å². The van der Waals surface area contributed by atoms with Crippen LogP contribution in [-0.4, -0.2) is 65.5 Å². The molecule has 2 aromatic rings. The Balaban J connectivity index is 1.41. The van der Waals surface area contributed by atoms with E-state index in [9.17, 15) is 9.59 Å². The molecule has 0 saturated carbocycles. The first kappa shape index (κ1) is 16.6. The van der Waals surface area contributed by atoms with Gasteiger partial charge in [-0.25, -0.2) is 0 Å². The molecule has 3 heterocycles. The minimum atomic E-state index is -0.283. The van der Waals surface area contributed by atoms with E-state index in [0.717, 1.165) is 28.2 Å². The number of carbonyl (C=O) groups is 2. The molecule has 6 nitrogen and oxygen atoms in total. The molecular formula is C18H20BrN3O3. The van der Waals surface area contributed by atoms with Crippen LogP contribution in [0.3, 0.4) is 0 Å². The molecule has 2 fully saturated rings. The van der Waals surface area contributed by atoms with Crippen LogP contribution < -0.4 is 0 Å². The smallest absolute Gasteiger partial charge is 0.270 e. The monoisotopic (exact) mass is 405 g/mol. The number of nitrogens with zero attached hydrogens (tertiary/aromatic N) is 2. The summed E-state index contributed by atoms with van der Waals surface area (Å²) in [7, 11) is 0. The number of H-pyrrole nitrogens is 1. The number of piperazine rings is 1. The van der Waals surface area contributed by atoms with Crippen molar-refractivity contribution in [2.75, 3.05) is 32.8 Å². The Bertz CT molecular complexity index is 805. The van der Waals surface area contributed by atoms with Gasteiger partial charge < -0.3 is 19.5 Å². The fourth-order valence-electron chi connectivity index (χ4n) is 3.49. The summed E-state index contributed by atoms with van der Waals surface area (Å²) in [6.45, 7) is 2.91. The van der Waals surface area contributed by atoms with E-state index < -0.39 is 0 Å². The Morgan fingerprint density at radius 2 is 1.88 bits per heavy atom. The van der Waals surface area contributed by atoms with E-state index in [1.807, 2.05) is 29.2 Å². The van der Waals surface area contributed by atoms with E-state index in [1.54, 1.807) is 4.90 Å². The second kappa shape index (κ2) is 6.80. The fraction of sp³-hybridized carbons (Fsp3) is 0.444. The predicted octanol–water partition coefficient (Wildman–Crippen LogP) is 2.39. The zero-order chi connectivity index (χ0) is 17.4. The molecule has 4 rings (SSSR count). The molecule has 0 bridgehead atoms. The molecular weight excluding hydrogens is 386 g/mol. The molecule has 1 aromatic carbocycles. The van der Waals surface area contributed by atoms with Gasteiger partial charge in [0.25, 0.3) is 11.8 Å². The summed E-state index contributed by atoms with van der Waals surface area (Å²) in [5.41, 5.74) is 1.52. The van der Waals surface area contributed by atoms with Crippen molar-refractivity contribution in [3.63, 3.8) is 0 Å². The first-order valence-corrected chi connectivity index (χ1v) is 9.39. The Morgan fingerprint density at radius 1 is 1.12 bits per heavy atom. The van der Waals surface area contributed by atoms with Gasteiger partial charge in [-0.15, -0.1) is 0 Å². The van der Waals surface area contributed by atoms with Crippen LogP contribution in [0.15, 0.2) is 28.7 Å². The van der Waals surface area contributed by atoms with Gasteiger partial charge in [0.2, 0.25) is 0 Å². The second-order valence-corrected chi connectivity index (χ2v) is 7.45. The number of fused-ring (bicyclic) bond motifs is 1. The lowest BCUT2D eigenvalue weighted by Gasteiger charge is -2.35. The van der Waals surface area contributed by atoms with E-state index in [-0.39, 0.29) is 17.9 Å². The van der Waals surface area contributed by atoms with E-state index in [4.69, 9.17) is 4.74 Å². The lowest BCUT2D eigenvalue weighted by Crippen LogP contribution is -2.52. The number of carbonyl (C=O) groups excluding carboxylic acids is 2. The topological polar surface area (TPSA) is 65.6 Å². The average molecular weight is 406 g/mol. The van der Waals surface area contributed by atoms with Gasteiger partial charge in [-0.05, 0) is 31.0 Å². The minimum Gasteiger partial charge on any atom is -0.368 e. The second-order valence-electron chi connectivity index (χ2n) is 6.53. The first-order chi connectivity index (χ1) is 12.1. The van der Waals surface area contributed by atoms with Gasteiger partial charge in [0.05, 0.1) is 0 Å². The number of ether oxygens (including phenoxy) is 1. The summed E-state index contributed by atoms with van der Waals surface area (Å²) < 4.78 is 6.45. The molecule has 0 aliphatic carbocycles. The van der Waals surface area contributed by atoms with Crippen molar-refractivity contribution in [1.29, 1.82) is 0 Å². The van der Waals surface area contributed by atoms with Crippen LogP contribution >= 0.6 is 15.9 Å². The molecule has 7 heteroatoms. The molecule has 2 aliphatic rings. The molecule has 0 spiro atoms. The van der Waals surface area contributed by atoms with Crippen molar-refractivity contribution < 1.29 is 14.3 Å². The Kier molecular flexibility index (Phi) is 4.52. The third kappa shape index (κ3) is 3.30. The molecule has 132 valence electrons. The standard InChI is InChI=1S/C18H20BrN3O3/c19-13-4-3-12-10-15(20-14(12)11-13)17(23)21-5-7-22(8-6-21)18(24)16-2-1-9-25-16/h3-4,10-11,16,20H,1-2,5-9H2. The highest BCUT2D eigenvalue weighted by Gasteiger charge is 2.31. The van der Waals surface area contributed by atoms with Gasteiger partial charge >= 0.3 is 0 Å². The number of aromatic nitrogens is 1. The third-order valence-electron chi connectivity index (χ3n) is 4.90. The number of benzene rings is 1. The minimum absolute atomic E-state index is 0.0171. The van der Waals surface area contributed by atoms with Crippen LogP contribution in [0, 0.1) is 0 Å². The summed E-state index contributed by atoms with van der Waals surface area (Å²) in [6, 6.07) is 7.78. The molecule has 1 atom stereocenters. The highest BCUT2D eigenvalue weighted by atomic mass is 79.9. The van der Waals surface area contributed by atoms with Crippen LogP contribution in [0.2, 0.25) is 0 Å². The highest BCUT2D eigenvalue weighted by molar-refractivity contribution is 9.10. The lowest BCUT2D eigenvalue weighted by atomic mass is 10.2. The zero-order valence-corrected chi connectivity index (χ0v) is 15.4. The summed E-state index contributed by atoms with van der Waals surface area (Å²) >= 11 is 3.44. The van der Waals surface area contributed by atoms with Gasteiger partial charge in [-0.2, -0.15) is 0 Å². The largest absolute Gasteiger partial charge is 0.368 e. The number of nitrogens with one attached hydrogen (secondary N) is 1. The van der Waals surface area contributed by atoms with Crippen molar-refractivity contribution in [3.05, 3.63) is 34.4 Å². The van der Waals surface area contributed by atoms with Crippen molar-refractivity contribution in [2.45, 2.75) is 18.9 Å². The van der Waals surface area contributed by atoms with Crippen molar-refractivity contribution in [3.8, 4) is 0 Å². The van der Waals surface area contributed by atoms with E-state index in [2.05, 4.69) is 20.9 Å². The third-order valence-corrected chi connectivity index (χ3v) is 5.39. The normalized spacial score (nSPS) is 21.1. The van der Waals surface area contributed by atoms with Crippen LogP contribution in [0.1, 0.15) is 23.3 Å². The maximum absolute atomic E-state index is 12.7. The number of rotatable bonds is 2. The van der Waals surface area contributed by atoms with Gasteiger partial charge in [0.15, 0.2) is 0 Å².